The Kier molecular flexibility index (Phi) is 2.70. The summed E-state index contributed by atoms with van der Waals surface area (Å²) in [6.45, 7) is 7.41. The summed E-state index contributed by atoms with van der Waals surface area (Å²) in [5.74, 6) is 4.10. The van der Waals surface area contributed by atoms with Crippen LogP contribution in [0.4, 0.5) is 0 Å². The Morgan fingerprint density at radius 2 is 1.93 bits per heavy atom. The lowest BCUT2D eigenvalue weighted by atomic mass is 9.51. The minimum absolute atomic E-state index is 0.635. The van der Waals surface area contributed by atoms with Crippen molar-refractivity contribution in [2.24, 2.45) is 23.7 Å². The van der Waals surface area contributed by atoms with Gasteiger partial charge in [-0.2, -0.15) is 0 Å². The van der Waals surface area contributed by atoms with E-state index in [9.17, 15) is 0 Å². The molecule has 0 spiro atoms. The minimum Gasteiger partial charge on any atom is -0.0669 e. The quantitative estimate of drug-likeness (QED) is 0.516. The highest BCUT2D eigenvalue weighted by molar-refractivity contribution is 6.14. The Balaban J connectivity index is 2.06. The molecule has 0 bridgehead atoms. The van der Waals surface area contributed by atoms with Crippen molar-refractivity contribution in [1.29, 1.82) is 0 Å². The fourth-order valence-corrected chi connectivity index (χ4v) is 4.08. The Morgan fingerprint density at radius 1 is 1.21 bits per heavy atom. The second-order valence-electron chi connectivity index (χ2n) is 6.88. The number of fused-ring (bicyclic) bond motifs is 1. The van der Waals surface area contributed by atoms with Gasteiger partial charge in [0, 0.05) is 0 Å². The standard InChI is InChI=1S/C13H25B/c1-9-6-10(2)12-8-13(3,14)5-4-11(12)7-9/h9-12H,4-8,14H2,1-3H3. The van der Waals surface area contributed by atoms with Gasteiger partial charge in [-0.3, -0.25) is 0 Å². The number of rotatable bonds is 0. The van der Waals surface area contributed by atoms with Gasteiger partial charge in [0.15, 0.2) is 0 Å². The molecular weight excluding hydrogens is 167 g/mol. The minimum atomic E-state index is 0.635. The zero-order chi connectivity index (χ0) is 10.3. The van der Waals surface area contributed by atoms with Gasteiger partial charge in [0.1, 0.15) is 7.85 Å². The highest BCUT2D eigenvalue weighted by Gasteiger charge is 2.40. The van der Waals surface area contributed by atoms with Crippen LogP contribution in [-0.2, 0) is 0 Å². The highest BCUT2D eigenvalue weighted by atomic mass is 14.4. The van der Waals surface area contributed by atoms with Crippen LogP contribution in [0, 0.1) is 23.7 Å². The molecular formula is C13H25B. The van der Waals surface area contributed by atoms with Crippen LogP contribution in [0.25, 0.3) is 0 Å². The maximum Gasteiger partial charge on any atom is 0.109 e. The molecule has 0 aliphatic heterocycles. The van der Waals surface area contributed by atoms with E-state index in [0.29, 0.717) is 5.31 Å². The van der Waals surface area contributed by atoms with Crippen molar-refractivity contribution in [3.05, 3.63) is 0 Å². The third-order valence-electron chi connectivity index (χ3n) is 4.80. The molecule has 80 valence electrons. The molecule has 5 atom stereocenters. The Bertz CT molecular complexity index is 209. The summed E-state index contributed by atoms with van der Waals surface area (Å²) < 4.78 is 0. The van der Waals surface area contributed by atoms with Gasteiger partial charge in [0.2, 0.25) is 0 Å². The molecule has 14 heavy (non-hydrogen) atoms. The van der Waals surface area contributed by atoms with E-state index in [0.717, 1.165) is 23.7 Å². The highest BCUT2D eigenvalue weighted by Crippen LogP contribution is 2.53. The fourth-order valence-electron chi connectivity index (χ4n) is 4.08. The molecule has 0 saturated heterocycles. The van der Waals surface area contributed by atoms with E-state index in [-0.39, 0.29) is 0 Å². The number of hydrogen-bond donors (Lipinski definition) is 0. The van der Waals surface area contributed by atoms with Crippen molar-refractivity contribution in [3.8, 4) is 0 Å². The van der Waals surface area contributed by atoms with Crippen LogP contribution in [0.5, 0.6) is 0 Å². The average molecular weight is 192 g/mol. The lowest BCUT2D eigenvalue weighted by Gasteiger charge is -2.48. The molecule has 0 aromatic heterocycles. The first-order valence-corrected chi connectivity index (χ1v) is 6.48. The van der Waals surface area contributed by atoms with Crippen molar-refractivity contribution < 1.29 is 0 Å². The molecule has 2 rings (SSSR count). The number of hydrogen-bond acceptors (Lipinski definition) is 0. The molecule has 0 nitrogen and oxygen atoms in total. The summed E-state index contributed by atoms with van der Waals surface area (Å²) in [6, 6.07) is 0. The zero-order valence-electron chi connectivity index (χ0n) is 10.3. The van der Waals surface area contributed by atoms with Crippen molar-refractivity contribution in [3.63, 3.8) is 0 Å². The summed E-state index contributed by atoms with van der Waals surface area (Å²) in [5, 5.41) is 0.635. The molecule has 2 fully saturated rings. The van der Waals surface area contributed by atoms with Crippen LogP contribution in [0.3, 0.4) is 0 Å². The molecule has 1 heteroatoms. The van der Waals surface area contributed by atoms with E-state index in [1.54, 1.807) is 0 Å². The molecule has 2 saturated carbocycles. The first kappa shape index (κ1) is 10.6. The molecule has 2 aliphatic rings. The molecule has 0 aromatic carbocycles. The Labute approximate surface area is 90.3 Å². The van der Waals surface area contributed by atoms with Gasteiger partial charge >= 0.3 is 0 Å². The molecule has 0 amide bonds. The van der Waals surface area contributed by atoms with Crippen LogP contribution < -0.4 is 0 Å². The maximum atomic E-state index is 2.49. The summed E-state index contributed by atoms with van der Waals surface area (Å²) >= 11 is 0. The lowest BCUT2D eigenvalue weighted by molar-refractivity contribution is 0.0660. The van der Waals surface area contributed by atoms with Crippen molar-refractivity contribution in [2.75, 3.05) is 0 Å². The van der Waals surface area contributed by atoms with Crippen LogP contribution in [-0.4, -0.2) is 7.85 Å². The predicted octanol–water partition coefficient (Wildman–Crippen LogP) is 3.28. The van der Waals surface area contributed by atoms with Gasteiger partial charge in [-0.05, 0) is 36.5 Å². The molecule has 2 aliphatic carbocycles. The van der Waals surface area contributed by atoms with E-state index in [2.05, 4.69) is 28.6 Å². The summed E-state index contributed by atoms with van der Waals surface area (Å²) in [7, 11) is 2.47. The van der Waals surface area contributed by atoms with Crippen LogP contribution in [0.15, 0.2) is 0 Å². The SMILES string of the molecule is BC1(C)CCC2CC(C)CC(C)C2C1. The third-order valence-corrected chi connectivity index (χ3v) is 4.80. The Morgan fingerprint density at radius 3 is 2.64 bits per heavy atom. The second kappa shape index (κ2) is 3.57. The molecule has 5 unspecified atom stereocenters. The average Bonchev–Trinajstić information content (AvgIpc) is 2.06. The second-order valence-corrected chi connectivity index (χ2v) is 6.88. The van der Waals surface area contributed by atoms with E-state index < -0.39 is 0 Å². The van der Waals surface area contributed by atoms with E-state index in [1.807, 2.05) is 0 Å². The maximum absolute atomic E-state index is 2.49. The van der Waals surface area contributed by atoms with Gasteiger partial charge in [0.05, 0.1) is 0 Å². The Hall–Kier alpha value is 0.0649. The van der Waals surface area contributed by atoms with Crippen LogP contribution in [0.2, 0.25) is 5.31 Å². The van der Waals surface area contributed by atoms with Crippen LogP contribution in [0.1, 0.15) is 52.9 Å². The first-order valence-electron chi connectivity index (χ1n) is 6.48. The molecule has 0 heterocycles. The molecule has 0 N–H and O–H groups in total. The van der Waals surface area contributed by atoms with Gasteiger partial charge in [-0.25, -0.2) is 0 Å². The first-order chi connectivity index (χ1) is 6.48. The zero-order valence-corrected chi connectivity index (χ0v) is 10.3. The largest absolute Gasteiger partial charge is 0.109 e. The summed E-state index contributed by atoms with van der Waals surface area (Å²) in [4.78, 5) is 0. The monoisotopic (exact) mass is 192 g/mol. The van der Waals surface area contributed by atoms with Gasteiger partial charge in [0.25, 0.3) is 0 Å². The van der Waals surface area contributed by atoms with Gasteiger partial charge in [-0.1, -0.05) is 45.3 Å². The third kappa shape index (κ3) is 2.02. The summed E-state index contributed by atoms with van der Waals surface area (Å²) in [6.07, 6.45) is 7.47. The van der Waals surface area contributed by atoms with E-state index in [1.165, 1.54) is 32.1 Å². The van der Waals surface area contributed by atoms with E-state index in [4.69, 9.17) is 0 Å². The molecule has 0 aromatic rings. The lowest BCUT2D eigenvalue weighted by Crippen LogP contribution is -2.37. The van der Waals surface area contributed by atoms with Crippen LogP contribution >= 0.6 is 0 Å². The fraction of sp³-hybridized carbons (Fsp3) is 1.00. The van der Waals surface area contributed by atoms with Crippen molar-refractivity contribution in [1.82, 2.24) is 0 Å². The van der Waals surface area contributed by atoms with Crippen molar-refractivity contribution in [2.45, 2.75) is 58.2 Å². The topological polar surface area (TPSA) is 0 Å². The predicted molar refractivity (Wildman–Crippen MR) is 65.3 cm³/mol. The smallest absolute Gasteiger partial charge is 0.0669 e. The van der Waals surface area contributed by atoms with E-state index >= 15 is 0 Å². The van der Waals surface area contributed by atoms with Gasteiger partial charge in [-0.15, -0.1) is 0 Å². The van der Waals surface area contributed by atoms with Gasteiger partial charge < -0.3 is 0 Å². The molecule has 0 radical (unpaired) electrons. The summed E-state index contributed by atoms with van der Waals surface area (Å²) in [5.41, 5.74) is 0. The van der Waals surface area contributed by atoms with Crippen molar-refractivity contribution >= 4 is 7.85 Å². The normalized spacial score (nSPS) is 53.9.